The number of hydrogen-bond donors (Lipinski definition) is 2. The maximum absolute atomic E-state index is 9.19. The van der Waals surface area contributed by atoms with E-state index in [1.54, 1.807) is 0 Å². The van der Waals surface area contributed by atoms with Crippen LogP contribution < -0.4 is 5.32 Å². The van der Waals surface area contributed by atoms with Gasteiger partial charge >= 0.3 is 0 Å². The van der Waals surface area contributed by atoms with Crippen molar-refractivity contribution < 1.29 is 5.11 Å². The predicted octanol–water partition coefficient (Wildman–Crippen LogP) is 4.51. The summed E-state index contributed by atoms with van der Waals surface area (Å²) in [5.41, 5.74) is 0. The molecular weight excluding hydrogens is 234 g/mol. The number of aliphatic hydroxyl groups excluding tert-OH is 1. The molecule has 0 saturated heterocycles. The van der Waals surface area contributed by atoms with Crippen LogP contribution in [0.4, 0.5) is 0 Å². The summed E-state index contributed by atoms with van der Waals surface area (Å²) in [5, 5.41) is 13.0. The highest BCUT2D eigenvalue weighted by Crippen LogP contribution is 2.15. The Bertz CT molecular complexity index is 172. The smallest absolute Gasteiger partial charge is 0.0445 e. The first-order valence-corrected chi connectivity index (χ1v) is 8.52. The summed E-state index contributed by atoms with van der Waals surface area (Å²) >= 11 is 0. The van der Waals surface area contributed by atoms with Crippen molar-refractivity contribution in [1.29, 1.82) is 0 Å². The quantitative estimate of drug-likeness (QED) is 0.483. The fourth-order valence-electron chi connectivity index (χ4n) is 2.64. The van der Waals surface area contributed by atoms with E-state index < -0.39 is 0 Å². The van der Waals surface area contributed by atoms with Crippen molar-refractivity contribution in [2.24, 2.45) is 5.92 Å². The number of aliphatic hydroxyl groups is 1. The minimum absolute atomic E-state index is 0.298. The molecule has 0 aromatic rings. The van der Waals surface area contributed by atoms with Gasteiger partial charge in [0.05, 0.1) is 0 Å². The predicted molar refractivity (Wildman–Crippen MR) is 85.5 cm³/mol. The minimum atomic E-state index is 0.298. The number of hydrogen-bond acceptors (Lipinski definition) is 2. The average Bonchev–Trinajstić information content (AvgIpc) is 2.38. The molecule has 116 valence electrons. The van der Waals surface area contributed by atoms with Crippen molar-refractivity contribution in [1.82, 2.24) is 5.32 Å². The molecular formula is C17H37NO. The first-order valence-electron chi connectivity index (χ1n) is 8.52. The molecule has 2 heteroatoms. The zero-order chi connectivity index (χ0) is 14.5. The van der Waals surface area contributed by atoms with E-state index in [1.165, 1.54) is 51.4 Å². The van der Waals surface area contributed by atoms with Gasteiger partial charge in [-0.2, -0.15) is 0 Å². The van der Waals surface area contributed by atoms with Crippen LogP contribution in [0.2, 0.25) is 0 Å². The molecule has 0 spiro atoms. The third-order valence-corrected chi connectivity index (χ3v) is 4.01. The van der Waals surface area contributed by atoms with E-state index in [0.717, 1.165) is 6.42 Å². The van der Waals surface area contributed by atoms with Crippen molar-refractivity contribution >= 4 is 0 Å². The molecule has 0 saturated carbocycles. The molecule has 19 heavy (non-hydrogen) atoms. The summed E-state index contributed by atoms with van der Waals surface area (Å²) in [4.78, 5) is 0. The molecule has 0 radical (unpaired) electrons. The van der Waals surface area contributed by atoms with Gasteiger partial charge < -0.3 is 10.4 Å². The number of unbranched alkanes of at least 4 members (excludes halogenated alkanes) is 4. The van der Waals surface area contributed by atoms with Crippen molar-refractivity contribution in [2.75, 3.05) is 6.61 Å². The van der Waals surface area contributed by atoms with E-state index in [2.05, 4.69) is 33.0 Å². The Morgan fingerprint density at radius 3 is 1.74 bits per heavy atom. The van der Waals surface area contributed by atoms with Crippen molar-refractivity contribution in [3.63, 3.8) is 0 Å². The normalized spacial score (nSPS) is 13.4. The van der Waals surface area contributed by atoms with Gasteiger partial charge in [0, 0.05) is 18.7 Å². The lowest BCUT2D eigenvalue weighted by atomic mass is 9.96. The molecule has 2 N–H and O–H groups in total. The molecule has 1 unspecified atom stereocenters. The molecule has 0 aromatic carbocycles. The summed E-state index contributed by atoms with van der Waals surface area (Å²) in [6, 6.07) is 1.12. The first kappa shape index (κ1) is 18.9. The molecule has 0 heterocycles. The second-order valence-corrected chi connectivity index (χ2v) is 6.22. The molecule has 0 aliphatic carbocycles. The molecule has 1 atom stereocenters. The highest BCUT2D eigenvalue weighted by molar-refractivity contribution is 4.77. The Balaban J connectivity index is 4.18. The molecule has 0 rings (SSSR count). The third-order valence-electron chi connectivity index (χ3n) is 4.01. The first-order chi connectivity index (χ1) is 9.15. The Labute approximate surface area is 121 Å². The lowest BCUT2D eigenvalue weighted by molar-refractivity contribution is 0.228. The van der Waals surface area contributed by atoms with Crippen molar-refractivity contribution in [3.05, 3.63) is 0 Å². The molecule has 0 aliphatic heterocycles. The Hall–Kier alpha value is -0.0800. The van der Waals surface area contributed by atoms with Crippen LogP contribution in [0.25, 0.3) is 0 Å². The topological polar surface area (TPSA) is 32.3 Å². The van der Waals surface area contributed by atoms with Gasteiger partial charge in [0.2, 0.25) is 0 Å². The zero-order valence-corrected chi connectivity index (χ0v) is 13.8. The summed E-state index contributed by atoms with van der Waals surface area (Å²) in [5.74, 6) is 0.604. The van der Waals surface area contributed by atoms with Gasteiger partial charge in [-0.25, -0.2) is 0 Å². The van der Waals surface area contributed by atoms with Crippen LogP contribution in [0.1, 0.15) is 85.5 Å². The van der Waals surface area contributed by atoms with Crippen molar-refractivity contribution in [2.45, 2.75) is 97.6 Å². The van der Waals surface area contributed by atoms with E-state index in [1.807, 2.05) is 0 Å². The lowest BCUT2D eigenvalue weighted by Gasteiger charge is -2.28. The minimum Gasteiger partial charge on any atom is -0.396 e. The van der Waals surface area contributed by atoms with E-state index in [-0.39, 0.29) is 0 Å². The summed E-state index contributed by atoms with van der Waals surface area (Å²) in [7, 11) is 0. The standard InChI is InChI=1S/C17H37NO/c1-5-7-9-11-16(12-10-8-6-2)18-17(13-14-19)15(3)4/h15-19H,5-14H2,1-4H3. The Morgan fingerprint density at radius 2 is 1.37 bits per heavy atom. The van der Waals surface area contributed by atoms with E-state index >= 15 is 0 Å². The maximum Gasteiger partial charge on any atom is 0.0445 e. The van der Waals surface area contributed by atoms with Crippen LogP contribution in [-0.2, 0) is 0 Å². The summed E-state index contributed by atoms with van der Waals surface area (Å²) < 4.78 is 0. The van der Waals surface area contributed by atoms with E-state index in [9.17, 15) is 5.11 Å². The fraction of sp³-hybridized carbons (Fsp3) is 1.00. The molecule has 0 bridgehead atoms. The highest BCUT2D eigenvalue weighted by atomic mass is 16.3. The van der Waals surface area contributed by atoms with Gasteiger partial charge in [-0.3, -0.25) is 0 Å². The average molecular weight is 271 g/mol. The van der Waals surface area contributed by atoms with Crippen LogP contribution in [-0.4, -0.2) is 23.8 Å². The molecule has 0 aromatic heterocycles. The second kappa shape index (κ2) is 12.9. The van der Waals surface area contributed by atoms with Crippen LogP contribution in [0.3, 0.4) is 0 Å². The van der Waals surface area contributed by atoms with Crippen LogP contribution in [0.5, 0.6) is 0 Å². The molecule has 0 aliphatic rings. The largest absolute Gasteiger partial charge is 0.396 e. The van der Waals surface area contributed by atoms with Crippen LogP contribution >= 0.6 is 0 Å². The van der Waals surface area contributed by atoms with Crippen molar-refractivity contribution in [3.8, 4) is 0 Å². The monoisotopic (exact) mass is 271 g/mol. The SMILES string of the molecule is CCCCCC(CCCCC)NC(CCO)C(C)C. The van der Waals surface area contributed by atoms with Gasteiger partial charge in [-0.05, 0) is 25.2 Å². The van der Waals surface area contributed by atoms with Gasteiger partial charge in [0.1, 0.15) is 0 Å². The van der Waals surface area contributed by atoms with Gasteiger partial charge in [0.25, 0.3) is 0 Å². The third kappa shape index (κ3) is 10.4. The van der Waals surface area contributed by atoms with E-state index in [0.29, 0.717) is 24.6 Å². The fourth-order valence-corrected chi connectivity index (χ4v) is 2.64. The van der Waals surface area contributed by atoms with Gasteiger partial charge in [0.15, 0.2) is 0 Å². The Kier molecular flexibility index (Phi) is 12.9. The molecule has 0 amide bonds. The number of nitrogens with one attached hydrogen (secondary N) is 1. The second-order valence-electron chi connectivity index (χ2n) is 6.22. The van der Waals surface area contributed by atoms with E-state index in [4.69, 9.17) is 0 Å². The summed E-state index contributed by atoms with van der Waals surface area (Å²) in [6.45, 7) is 9.34. The highest BCUT2D eigenvalue weighted by Gasteiger charge is 2.17. The van der Waals surface area contributed by atoms with Crippen LogP contribution in [0, 0.1) is 5.92 Å². The Morgan fingerprint density at radius 1 is 0.842 bits per heavy atom. The van der Waals surface area contributed by atoms with Gasteiger partial charge in [-0.1, -0.05) is 66.2 Å². The number of rotatable bonds is 13. The lowest BCUT2D eigenvalue weighted by Crippen LogP contribution is -2.42. The van der Waals surface area contributed by atoms with Crippen LogP contribution in [0.15, 0.2) is 0 Å². The zero-order valence-electron chi connectivity index (χ0n) is 13.8. The molecule has 2 nitrogen and oxygen atoms in total. The molecule has 0 fully saturated rings. The summed E-state index contributed by atoms with van der Waals surface area (Å²) in [6.07, 6.45) is 11.4. The maximum atomic E-state index is 9.19. The van der Waals surface area contributed by atoms with Gasteiger partial charge in [-0.15, -0.1) is 0 Å².